The van der Waals surface area contributed by atoms with Gasteiger partial charge in [0.15, 0.2) is 0 Å². The number of rotatable bonds is 14. The number of benzene rings is 2. The smallest absolute Gasteiger partial charge is 0.126 e. The van der Waals surface area contributed by atoms with Crippen LogP contribution in [0.1, 0.15) is 116 Å². The van der Waals surface area contributed by atoms with Crippen molar-refractivity contribution in [3.63, 3.8) is 0 Å². The fourth-order valence-electron chi connectivity index (χ4n) is 6.61. The fraction of sp³-hybridized carbons (Fsp3) is 0.575. The molecule has 0 aliphatic carbocycles. The third kappa shape index (κ3) is 10.1. The predicted octanol–water partition coefficient (Wildman–Crippen LogP) is 10.5. The summed E-state index contributed by atoms with van der Waals surface area (Å²) in [5.74, 6) is 2.44. The van der Waals surface area contributed by atoms with Crippen molar-refractivity contribution in [3.05, 3.63) is 82.7 Å². The van der Waals surface area contributed by atoms with Crippen molar-refractivity contribution in [2.75, 3.05) is 36.4 Å². The van der Waals surface area contributed by atoms with E-state index in [2.05, 4.69) is 117 Å². The summed E-state index contributed by atoms with van der Waals surface area (Å²) in [6.45, 7) is 18.3. The minimum atomic E-state index is 0.732. The summed E-state index contributed by atoms with van der Waals surface area (Å²) in [4.78, 5) is 10.3. The lowest BCUT2D eigenvalue weighted by molar-refractivity contribution is 0.132. The molecule has 0 bridgehead atoms. The zero-order valence-corrected chi connectivity index (χ0v) is 28.7. The monoisotopic (exact) mass is 596 g/mol. The summed E-state index contributed by atoms with van der Waals surface area (Å²) < 4.78 is 0. The molecule has 4 nitrogen and oxygen atoms in total. The van der Waals surface area contributed by atoms with E-state index in [1.54, 1.807) is 0 Å². The minimum absolute atomic E-state index is 0.732. The van der Waals surface area contributed by atoms with E-state index in [1.165, 1.54) is 79.6 Å². The molecule has 1 atom stereocenters. The molecule has 2 aliphatic rings. The fourth-order valence-corrected chi connectivity index (χ4v) is 6.61. The second-order valence-corrected chi connectivity index (χ2v) is 13.5. The number of nitrogens with one attached hydrogen (secondary N) is 1. The average Bonchev–Trinajstić information content (AvgIpc) is 3.07. The summed E-state index contributed by atoms with van der Waals surface area (Å²) in [7, 11) is 0. The van der Waals surface area contributed by atoms with Crippen LogP contribution < -0.4 is 10.2 Å². The Bertz CT molecular complexity index is 1210. The molecule has 4 heteroatoms. The molecule has 0 spiro atoms. The normalized spacial score (nSPS) is 19.0. The molecule has 1 unspecified atom stereocenters. The first-order valence-electron chi connectivity index (χ1n) is 17.8. The van der Waals surface area contributed by atoms with E-state index in [0.717, 1.165) is 68.2 Å². The SMILES string of the molecule is CCC/C=C(/N=C\C(CCC(C)CC)=C(/C)CC)Nc1ccc(N2CCC(N3CCC(c4ccc(C)cc4)CC3)CC2)cc1. The van der Waals surface area contributed by atoms with E-state index < -0.39 is 0 Å². The topological polar surface area (TPSA) is 30.9 Å². The Morgan fingerprint density at radius 2 is 1.61 bits per heavy atom. The molecular weight excluding hydrogens is 536 g/mol. The average molecular weight is 597 g/mol. The Morgan fingerprint density at radius 1 is 0.932 bits per heavy atom. The Morgan fingerprint density at radius 3 is 2.23 bits per heavy atom. The highest BCUT2D eigenvalue weighted by Gasteiger charge is 2.28. The van der Waals surface area contributed by atoms with Gasteiger partial charge in [0.25, 0.3) is 0 Å². The van der Waals surface area contributed by atoms with E-state index >= 15 is 0 Å². The summed E-state index contributed by atoms with van der Waals surface area (Å²) in [6, 6.07) is 19.0. The van der Waals surface area contributed by atoms with Gasteiger partial charge in [-0.2, -0.15) is 0 Å². The lowest BCUT2D eigenvalue weighted by atomic mass is 9.87. The third-order valence-corrected chi connectivity index (χ3v) is 10.2. The third-order valence-electron chi connectivity index (χ3n) is 10.2. The molecule has 2 saturated heterocycles. The summed E-state index contributed by atoms with van der Waals surface area (Å²) >= 11 is 0. The van der Waals surface area contributed by atoms with Gasteiger partial charge in [0.2, 0.25) is 0 Å². The van der Waals surface area contributed by atoms with Crippen molar-refractivity contribution in [1.29, 1.82) is 0 Å². The molecule has 1 N–H and O–H groups in total. The number of hydrogen-bond acceptors (Lipinski definition) is 4. The van der Waals surface area contributed by atoms with Crippen LogP contribution in [0.15, 0.2) is 76.6 Å². The molecule has 44 heavy (non-hydrogen) atoms. The lowest BCUT2D eigenvalue weighted by Gasteiger charge is -2.42. The zero-order valence-electron chi connectivity index (χ0n) is 28.7. The molecule has 2 aliphatic heterocycles. The van der Waals surface area contributed by atoms with Gasteiger partial charge in [0, 0.05) is 36.7 Å². The van der Waals surface area contributed by atoms with Crippen molar-refractivity contribution >= 4 is 17.6 Å². The lowest BCUT2D eigenvalue weighted by Crippen LogP contribution is -2.47. The number of likely N-dealkylation sites (tertiary alicyclic amines) is 1. The van der Waals surface area contributed by atoms with Crippen LogP contribution in [0.4, 0.5) is 11.4 Å². The van der Waals surface area contributed by atoms with Gasteiger partial charge in [-0.15, -0.1) is 0 Å². The number of aryl methyl sites for hydroxylation is 1. The number of piperidine rings is 2. The Kier molecular flexibility index (Phi) is 13.6. The molecule has 2 aromatic carbocycles. The first kappa shape index (κ1) is 34.0. The number of allylic oxidation sites excluding steroid dienone is 3. The highest BCUT2D eigenvalue weighted by atomic mass is 15.2. The number of aliphatic imine (C=N–C) groups is 1. The van der Waals surface area contributed by atoms with E-state index in [-0.39, 0.29) is 0 Å². The predicted molar refractivity (Wildman–Crippen MR) is 193 cm³/mol. The largest absolute Gasteiger partial charge is 0.371 e. The molecular formula is C40H60N4. The first-order valence-corrected chi connectivity index (χ1v) is 17.8. The summed E-state index contributed by atoms with van der Waals surface area (Å²) in [5, 5.41) is 3.62. The molecule has 240 valence electrons. The van der Waals surface area contributed by atoms with Gasteiger partial charge >= 0.3 is 0 Å². The second-order valence-electron chi connectivity index (χ2n) is 13.5. The highest BCUT2D eigenvalue weighted by molar-refractivity contribution is 5.80. The van der Waals surface area contributed by atoms with Crippen LogP contribution in [0.2, 0.25) is 0 Å². The summed E-state index contributed by atoms with van der Waals surface area (Å²) in [6.07, 6.45) is 16.3. The Hall–Kier alpha value is -2.85. The molecule has 0 saturated carbocycles. The van der Waals surface area contributed by atoms with Crippen molar-refractivity contribution in [2.24, 2.45) is 10.9 Å². The number of anilines is 2. The number of nitrogens with zero attached hydrogens (tertiary/aromatic N) is 3. The van der Waals surface area contributed by atoms with Crippen molar-refractivity contribution in [1.82, 2.24) is 4.90 Å². The van der Waals surface area contributed by atoms with Crippen molar-refractivity contribution in [3.8, 4) is 0 Å². The Balaban J connectivity index is 1.29. The van der Waals surface area contributed by atoms with E-state index in [4.69, 9.17) is 4.99 Å². The molecule has 0 amide bonds. The van der Waals surface area contributed by atoms with Crippen LogP contribution in [-0.4, -0.2) is 43.3 Å². The number of hydrogen-bond donors (Lipinski definition) is 1. The maximum absolute atomic E-state index is 4.97. The van der Waals surface area contributed by atoms with Crippen LogP contribution in [-0.2, 0) is 0 Å². The minimum Gasteiger partial charge on any atom is -0.371 e. The second kappa shape index (κ2) is 17.6. The standard InChI is InChI=1S/C40H60N4/c1-7-10-11-40(41-30-36(33(6)9-3)17-12-31(4)8-2)42-37-18-20-38(21-19-37)44-28-24-39(25-29-44)43-26-22-35(23-27-43)34-15-13-32(5)14-16-34/h11,13-16,18-21,30-31,35,39,42H,7-10,12,17,22-29H2,1-6H3/b36-33+,40-11-,41-30-. The van der Waals surface area contributed by atoms with Crippen LogP contribution in [0.25, 0.3) is 0 Å². The van der Waals surface area contributed by atoms with E-state index in [9.17, 15) is 0 Å². The van der Waals surface area contributed by atoms with Crippen LogP contribution >= 0.6 is 0 Å². The van der Waals surface area contributed by atoms with Gasteiger partial charge in [0.05, 0.1) is 0 Å². The maximum atomic E-state index is 4.97. The van der Waals surface area contributed by atoms with Gasteiger partial charge in [-0.25, -0.2) is 4.99 Å². The quantitative estimate of drug-likeness (QED) is 0.220. The zero-order chi connectivity index (χ0) is 31.3. The molecule has 0 aromatic heterocycles. The van der Waals surface area contributed by atoms with Gasteiger partial charge < -0.3 is 15.1 Å². The van der Waals surface area contributed by atoms with E-state index in [0.29, 0.717) is 0 Å². The molecule has 0 radical (unpaired) electrons. The van der Waals surface area contributed by atoms with Crippen LogP contribution in [0.3, 0.4) is 0 Å². The van der Waals surface area contributed by atoms with Crippen LogP contribution in [0.5, 0.6) is 0 Å². The highest BCUT2D eigenvalue weighted by Crippen LogP contribution is 2.32. The number of unbranched alkanes of at least 4 members (excludes halogenated alkanes) is 1. The van der Waals surface area contributed by atoms with Gasteiger partial charge in [-0.3, -0.25) is 0 Å². The van der Waals surface area contributed by atoms with Crippen molar-refractivity contribution in [2.45, 2.75) is 118 Å². The van der Waals surface area contributed by atoms with Gasteiger partial charge in [0.1, 0.15) is 5.82 Å². The Labute approximate surface area is 269 Å². The molecule has 2 aromatic rings. The molecule has 2 fully saturated rings. The van der Waals surface area contributed by atoms with Gasteiger partial charge in [-0.1, -0.05) is 75.9 Å². The van der Waals surface area contributed by atoms with Gasteiger partial charge in [-0.05, 0) is 132 Å². The maximum Gasteiger partial charge on any atom is 0.126 e. The van der Waals surface area contributed by atoms with Crippen molar-refractivity contribution < 1.29 is 0 Å². The van der Waals surface area contributed by atoms with Crippen LogP contribution in [0, 0.1) is 12.8 Å². The summed E-state index contributed by atoms with van der Waals surface area (Å²) in [5.41, 5.74) is 8.19. The first-order chi connectivity index (χ1) is 21.4. The molecule has 4 rings (SSSR count). The van der Waals surface area contributed by atoms with E-state index in [1.807, 2.05) is 0 Å². The molecule has 2 heterocycles.